The molecule has 7 heteroatoms. The fourth-order valence-corrected chi connectivity index (χ4v) is 2.81. The van der Waals surface area contributed by atoms with Crippen LogP contribution in [0.25, 0.3) is 0 Å². The monoisotopic (exact) mass is 306 g/mol. The SMILES string of the molecule is CCC1C(=O)NC(C2CC2)C(=O)N1CCCCC(F)(F)F. The Bertz CT molecular complexity index is 408. The van der Waals surface area contributed by atoms with Gasteiger partial charge in [0.2, 0.25) is 11.8 Å². The van der Waals surface area contributed by atoms with E-state index in [4.69, 9.17) is 0 Å². The summed E-state index contributed by atoms with van der Waals surface area (Å²) in [5.74, 6) is -0.0993. The molecule has 1 aliphatic carbocycles. The zero-order valence-corrected chi connectivity index (χ0v) is 12.1. The van der Waals surface area contributed by atoms with Crippen LogP contribution in [0.3, 0.4) is 0 Å². The first-order valence-corrected chi connectivity index (χ1v) is 7.51. The van der Waals surface area contributed by atoms with Crippen LogP contribution in [0, 0.1) is 5.92 Å². The van der Waals surface area contributed by atoms with Gasteiger partial charge in [-0.25, -0.2) is 0 Å². The van der Waals surface area contributed by atoms with E-state index in [2.05, 4.69) is 5.32 Å². The van der Waals surface area contributed by atoms with Crippen LogP contribution in [0.5, 0.6) is 0 Å². The minimum absolute atomic E-state index is 0.0145. The van der Waals surface area contributed by atoms with Crippen LogP contribution in [0.2, 0.25) is 0 Å². The third-order valence-corrected chi connectivity index (χ3v) is 4.12. The van der Waals surface area contributed by atoms with E-state index < -0.39 is 24.7 Å². The lowest BCUT2D eigenvalue weighted by molar-refractivity contribution is -0.150. The van der Waals surface area contributed by atoms with E-state index in [0.717, 1.165) is 12.8 Å². The number of amides is 2. The molecule has 1 N–H and O–H groups in total. The van der Waals surface area contributed by atoms with Gasteiger partial charge in [-0.2, -0.15) is 13.2 Å². The molecule has 2 aliphatic rings. The van der Waals surface area contributed by atoms with E-state index in [1.54, 1.807) is 6.92 Å². The van der Waals surface area contributed by atoms with Gasteiger partial charge in [-0.3, -0.25) is 9.59 Å². The maximum absolute atomic E-state index is 12.4. The van der Waals surface area contributed by atoms with Crippen molar-refractivity contribution >= 4 is 11.8 Å². The topological polar surface area (TPSA) is 49.4 Å². The van der Waals surface area contributed by atoms with Gasteiger partial charge in [0.25, 0.3) is 0 Å². The van der Waals surface area contributed by atoms with E-state index in [0.29, 0.717) is 6.42 Å². The number of nitrogens with one attached hydrogen (secondary N) is 1. The molecule has 21 heavy (non-hydrogen) atoms. The van der Waals surface area contributed by atoms with Gasteiger partial charge in [0.15, 0.2) is 0 Å². The lowest BCUT2D eigenvalue weighted by Crippen LogP contribution is -2.63. The highest BCUT2D eigenvalue weighted by molar-refractivity contribution is 5.97. The van der Waals surface area contributed by atoms with Crippen LogP contribution in [0.1, 0.15) is 45.4 Å². The summed E-state index contributed by atoms with van der Waals surface area (Å²) in [6.07, 6.45) is -2.42. The number of halogens is 3. The van der Waals surface area contributed by atoms with Crippen molar-refractivity contribution in [1.29, 1.82) is 0 Å². The summed E-state index contributed by atoms with van der Waals surface area (Å²) in [6, 6.07) is -1.01. The zero-order valence-electron chi connectivity index (χ0n) is 12.1. The molecular weight excluding hydrogens is 285 g/mol. The van der Waals surface area contributed by atoms with Gasteiger partial charge in [0.05, 0.1) is 0 Å². The third-order valence-electron chi connectivity index (χ3n) is 4.12. The summed E-state index contributed by atoms with van der Waals surface area (Å²) in [7, 11) is 0. The molecule has 2 rings (SSSR count). The Morgan fingerprint density at radius 2 is 1.90 bits per heavy atom. The van der Waals surface area contributed by atoms with E-state index in [9.17, 15) is 22.8 Å². The van der Waals surface area contributed by atoms with Crippen LogP contribution >= 0.6 is 0 Å². The van der Waals surface area contributed by atoms with Crippen LogP contribution in [-0.2, 0) is 9.59 Å². The number of rotatable bonds is 6. The molecule has 2 fully saturated rings. The fraction of sp³-hybridized carbons (Fsp3) is 0.857. The summed E-state index contributed by atoms with van der Waals surface area (Å²) >= 11 is 0. The molecule has 0 bridgehead atoms. The van der Waals surface area contributed by atoms with Crippen LogP contribution in [-0.4, -0.2) is 41.5 Å². The molecule has 0 aromatic heterocycles. The van der Waals surface area contributed by atoms with Gasteiger partial charge in [-0.1, -0.05) is 6.92 Å². The highest BCUT2D eigenvalue weighted by Crippen LogP contribution is 2.35. The van der Waals surface area contributed by atoms with Crippen LogP contribution < -0.4 is 5.32 Å². The quantitative estimate of drug-likeness (QED) is 0.765. The normalized spacial score (nSPS) is 27.0. The third kappa shape index (κ3) is 4.11. The summed E-state index contributed by atoms with van der Waals surface area (Å²) < 4.78 is 36.4. The van der Waals surface area contributed by atoms with Crippen LogP contribution in [0.15, 0.2) is 0 Å². The number of nitrogens with zero attached hydrogens (tertiary/aromatic N) is 1. The van der Waals surface area contributed by atoms with Crippen molar-refractivity contribution in [3.63, 3.8) is 0 Å². The van der Waals surface area contributed by atoms with Gasteiger partial charge < -0.3 is 10.2 Å². The highest BCUT2D eigenvalue weighted by atomic mass is 19.4. The van der Waals surface area contributed by atoms with Crippen molar-refractivity contribution in [3.8, 4) is 0 Å². The Balaban J connectivity index is 1.92. The number of carbonyl (C=O) groups is 2. The molecule has 1 saturated carbocycles. The van der Waals surface area contributed by atoms with E-state index in [1.807, 2.05) is 0 Å². The number of carbonyl (C=O) groups excluding carboxylic acids is 2. The van der Waals surface area contributed by atoms with Crippen LogP contribution in [0.4, 0.5) is 13.2 Å². The minimum Gasteiger partial charge on any atom is -0.342 e. The van der Waals surface area contributed by atoms with Crippen molar-refractivity contribution in [1.82, 2.24) is 10.2 Å². The molecule has 2 amide bonds. The van der Waals surface area contributed by atoms with Crippen molar-refractivity contribution < 1.29 is 22.8 Å². The molecule has 0 spiro atoms. The molecule has 1 heterocycles. The van der Waals surface area contributed by atoms with Gasteiger partial charge in [0, 0.05) is 13.0 Å². The molecular formula is C14H21F3N2O2. The van der Waals surface area contributed by atoms with Crippen molar-refractivity contribution in [2.75, 3.05) is 6.54 Å². The maximum atomic E-state index is 12.4. The molecule has 0 aromatic rings. The van der Waals surface area contributed by atoms with Crippen molar-refractivity contribution in [3.05, 3.63) is 0 Å². The first-order chi connectivity index (χ1) is 9.83. The zero-order chi connectivity index (χ0) is 15.6. The largest absolute Gasteiger partial charge is 0.389 e. The summed E-state index contributed by atoms with van der Waals surface area (Å²) in [6.45, 7) is 2.03. The first kappa shape index (κ1) is 16.1. The Morgan fingerprint density at radius 3 is 2.43 bits per heavy atom. The predicted octanol–water partition coefficient (Wildman–Crippen LogP) is 2.23. The fourth-order valence-electron chi connectivity index (χ4n) is 2.81. The molecule has 1 aliphatic heterocycles. The second-order valence-corrected chi connectivity index (χ2v) is 5.85. The molecule has 120 valence electrons. The van der Waals surface area contributed by atoms with E-state index in [1.165, 1.54) is 4.90 Å². The van der Waals surface area contributed by atoms with E-state index >= 15 is 0 Å². The Hall–Kier alpha value is -1.27. The minimum atomic E-state index is -4.16. The van der Waals surface area contributed by atoms with Gasteiger partial charge in [-0.15, -0.1) is 0 Å². The average Bonchev–Trinajstić information content (AvgIpc) is 3.21. The van der Waals surface area contributed by atoms with Gasteiger partial charge in [-0.05, 0) is 38.0 Å². The van der Waals surface area contributed by atoms with Crippen molar-refractivity contribution in [2.24, 2.45) is 5.92 Å². The lowest BCUT2D eigenvalue weighted by atomic mass is 10.0. The second kappa shape index (κ2) is 6.23. The molecule has 2 unspecified atom stereocenters. The number of hydrogen-bond donors (Lipinski definition) is 1. The second-order valence-electron chi connectivity index (χ2n) is 5.85. The Labute approximate surface area is 122 Å². The number of alkyl halides is 3. The standard InChI is InChI=1S/C14H21F3N2O2/c1-2-10-12(20)18-11(9-5-6-9)13(21)19(10)8-4-3-7-14(15,16)17/h9-11H,2-8H2,1H3,(H,18,20). The van der Waals surface area contributed by atoms with Gasteiger partial charge >= 0.3 is 6.18 Å². The smallest absolute Gasteiger partial charge is 0.342 e. The lowest BCUT2D eigenvalue weighted by Gasteiger charge is -2.39. The number of hydrogen-bond acceptors (Lipinski definition) is 2. The average molecular weight is 306 g/mol. The van der Waals surface area contributed by atoms with Crippen molar-refractivity contribution in [2.45, 2.75) is 63.7 Å². The van der Waals surface area contributed by atoms with Gasteiger partial charge in [0.1, 0.15) is 12.1 Å². The molecule has 0 aromatic carbocycles. The maximum Gasteiger partial charge on any atom is 0.389 e. The molecule has 1 saturated heterocycles. The number of piperazine rings is 1. The summed E-state index contributed by atoms with van der Waals surface area (Å²) in [5.41, 5.74) is 0. The van der Waals surface area contributed by atoms with E-state index in [-0.39, 0.29) is 37.1 Å². The summed E-state index contributed by atoms with van der Waals surface area (Å²) in [5, 5.41) is 2.76. The highest BCUT2D eigenvalue weighted by Gasteiger charge is 2.46. The Morgan fingerprint density at radius 1 is 1.24 bits per heavy atom. The molecule has 4 nitrogen and oxygen atoms in total. The summed E-state index contributed by atoms with van der Waals surface area (Å²) in [4.78, 5) is 25.9. The molecule has 0 radical (unpaired) electrons. The molecule has 2 atom stereocenters. The number of unbranched alkanes of at least 4 members (excludes halogenated alkanes) is 1. The Kier molecular flexibility index (Phi) is 4.78. The first-order valence-electron chi connectivity index (χ1n) is 7.51. The predicted molar refractivity (Wildman–Crippen MR) is 70.4 cm³/mol.